The molecule has 0 aliphatic carbocycles. The van der Waals surface area contributed by atoms with E-state index in [0.717, 1.165) is 5.69 Å². The number of anilines is 1. The zero-order valence-electron chi connectivity index (χ0n) is 10.5. The Balaban J connectivity index is 2.62. The number of H-pyrrole nitrogens is 1. The van der Waals surface area contributed by atoms with Gasteiger partial charge in [0, 0.05) is 23.2 Å². The smallest absolute Gasteiger partial charge is 0.320 e. The van der Waals surface area contributed by atoms with Crippen LogP contribution in [0.25, 0.3) is 0 Å². The fourth-order valence-corrected chi connectivity index (χ4v) is 1.18. The third-order valence-corrected chi connectivity index (χ3v) is 2.05. The van der Waals surface area contributed by atoms with E-state index in [2.05, 4.69) is 41.6 Å². The molecule has 1 aromatic heterocycles. The second-order valence-corrected chi connectivity index (χ2v) is 5.17. The van der Waals surface area contributed by atoms with E-state index in [1.165, 1.54) is 0 Å². The van der Waals surface area contributed by atoms with Gasteiger partial charge in [-0.1, -0.05) is 20.8 Å². The van der Waals surface area contributed by atoms with Crippen molar-refractivity contribution in [3.8, 4) is 0 Å². The molecule has 0 aliphatic rings. The Labute approximate surface area is 96.0 Å². The zero-order valence-corrected chi connectivity index (χ0v) is 10.5. The Morgan fingerprint density at radius 1 is 1.44 bits per heavy atom. The van der Waals surface area contributed by atoms with Crippen LogP contribution in [0.1, 0.15) is 40.3 Å². The molecule has 1 rings (SSSR count). The molecule has 0 aliphatic heterocycles. The van der Waals surface area contributed by atoms with Crippen LogP contribution in [-0.4, -0.2) is 22.3 Å². The number of nitrogens with zero attached hydrogens (tertiary/aromatic N) is 1. The minimum absolute atomic E-state index is 0.00144. The molecule has 5 heteroatoms. The molecule has 0 radical (unpaired) electrons. The molecule has 0 saturated heterocycles. The summed E-state index contributed by atoms with van der Waals surface area (Å²) in [5.41, 5.74) is 0.994. The van der Waals surface area contributed by atoms with E-state index in [9.17, 15) is 4.79 Å². The third-order valence-electron chi connectivity index (χ3n) is 2.05. The molecule has 0 aromatic carbocycles. The monoisotopic (exact) mass is 224 g/mol. The minimum Gasteiger partial charge on any atom is -0.336 e. The van der Waals surface area contributed by atoms with Crippen molar-refractivity contribution in [1.82, 2.24) is 15.5 Å². The first-order chi connectivity index (χ1) is 7.29. The van der Waals surface area contributed by atoms with Crippen LogP contribution in [0.3, 0.4) is 0 Å². The third kappa shape index (κ3) is 3.56. The zero-order chi connectivity index (χ0) is 12.3. The van der Waals surface area contributed by atoms with Crippen molar-refractivity contribution in [2.45, 2.75) is 46.1 Å². The van der Waals surface area contributed by atoms with Crippen molar-refractivity contribution in [1.29, 1.82) is 0 Å². The maximum Gasteiger partial charge on any atom is 0.320 e. The number of hydrogen-bond acceptors (Lipinski definition) is 2. The van der Waals surface area contributed by atoms with Crippen molar-refractivity contribution in [3.63, 3.8) is 0 Å². The first kappa shape index (κ1) is 12.5. The predicted molar refractivity (Wildman–Crippen MR) is 64.6 cm³/mol. The summed E-state index contributed by atoms with van der Waals surface area (Å²) >= 11 is 0. The van der Waals surface area contributed by atoms with Crippen LogP contribution in [0.5, 0.6) is 0 Å². The van der Waals surface area contributed by atoms with E-state index in [-0.39, 0.29) is 17.5 Å². The average molecular weight is 224 g/mol. The highest BCUT2D eigenvalue weighted by atomic mass is 16.2. The van der Waals surface area contributed by atoms with Crippen molar-refractivity contribution in [3.05, 3.63) is 11.8 Å². The molecule has 0 atom stereocenters. The molecule has 0 bridgehead atoms. The maximum atomic E-state index is 11.4. The van der Waals surface area contributed by atoms with Crippen molar-refractivity contribution in [2.75, 3.05) is 5.32 Å². The van der Waals surface area contributed by atoms with Gasteiger partial charge in [0.05, 0.1) is 0 Å². The average Bonchev–Trinajstić information content (AvgIpc) is 2.49. The largest absolute Gasteiger partial charge is 0.336 e. The second kappa shape index (κ2) is 4.55. The van der Waals surface area contributed by atoms with Gasteiger partial charge in [-0.15, -0.1) is 0 Å². The second-order valence-electron chi connectivity index (χ2n) is 5.17. The highest BCUT2D eigenvalue weighted by Gasteiger charge is 2.17. The number of rotatable bonds is 2. The summed E-state index contributed by atoms with van der Waals surface area (Å²) in [6.07, 6.45) is 0. The normalized spacial score (nSPS) is 11.6. The molecule has 0 spiro atoms. The van der Waals surface area contributed by atoms with Gasteiger partial charge in [-0.05, 0) is 13.8 Å². The van der Waals surface area contributed by atoms with Gasteiger partial charge < -0.3 is 5.32 Å². The SMILES string of the molecule is CC(C)NC(=O)Nc1cc(C(C)(C)C)[nH]n1. The summed E-state index contributed by atoms with van der Waals surface area (Å²) in [6, 6.07) is 1.72. The van der Waals surface area contributed by atoms with E-state index in [1.54, 1.807) is 0 Å². The van der Waals surface area contributed by atoms with E-state index < -0.39 is 0 Å². The number of carbonyl (C=O) groups is 1. The van der Waals surface area contributed by atoms with Crippen LogP contribution in [0, 0.1) is 0 Å². The molecule has 16 heavy (non-hydrogen) atoms. The summed E-state index contributed by atoms with van der Waals surface area (Å²) in [5, 5.41) is 12.4. The fraction of sp³-hybridized carbons (Fsp3) is 0.636. The number of aromatic nitrogens is 2. The highest BCUT2D eigenvalue weighted by Crippen LogP contribution is 2.21. The van der Waals surface area contributed by atoms with Crippen LogP contribution in [-0.2, 0) is 5.41 Å². The molecule has 2 amide bonds. The summed E-state index contributed by atoms with van der Waals surface area (Å²) in [4.78, 5) is 11.4. The van der Waals surface area contributed by atoms with Gasteiger partial charge >= 0.3 is 6.03 Å². The van der Waals surface area contributed by atoms with E-state index in [4.69, 9.17) is 0 Å². The Morgan fingerprint density at radius 3 is 2.50 bits per heavy atom. The molecule has 5 nitrogen and oxygen atoms in total. The lowest BCUT2D eigenvalue weighted by Gasteiger charge is -2.14. The predicted octanol–water partition coefficient (Wildman–Crippen LogP) is 2.24. The van der Waals surface area contributed by atoms with Crippen molar-refractivity contribution in [2.24, 2.45) is 0 Å². The lowest BCUT2D eigenvalue weighted by Crippen LogP contribution is -2.34. The number of nitrogens with one attached hydrogen (secondary N) is 3. The van der Waals surface area contributed by atoms with Crippen molar-refractivity contribution >= 4 is 11.8 Å². The summed E-state index contributed by atoms with van der Waals surface area (Å²) in [7, 11) is 0. The minimum atomic E-state index is -0.234. The number of amides is 2. The summed E-state index contributed by atoms with van der Waals surface area (Å²) in [5.74, 6) is 0.545. The summed E-state index contributed by atoms with van der Waals surface area (Å²) < 4.78 is 0. The quantitative estimate of drug-likeness (QED) is 0.721. The van der Waals surface area contributed by atoms with Crippen LogP contribution in [0.4, 0.5) is 10.6 Å². The summed E-state index contributed by atoms with van der Waals surface area (Å²) in [6.45, 7) is 10.1. The molecular weight excluding hydrogens is 204 g/mol. The Morgan fingerprint density at radius 2 is 2.06 bits per heavy atom. The van der Waals surface area contributed by atoms with E-state index in [1.807, 2.05) is 19.9 Å². The lowest BCUT2D eigenvalue weighted by molar-refractivity contribution is 0.250. The van der Waals surface area contributed by atoms with Gasteiger partial charge in [-0.25, -0.2) is 4.79 Å². The Hall–Kier alpha value is -1.52. The molecule has 0 saturated carbocycles. The van der Waals surface area contributed by atoms with Gasteiger partial charge in [-0.2, -0.15) is 5.10 Å². The highest BCUT2D eigenvalue weighted by molar-refractivity contribution is 5.88. The molecule has 90 valence electrons. The molecule has 0 unspecified atom stereocenters. The van der Waals surface area contributed by atoms with Crippen LogP contribution in [0.15, 0.2) is 6.07 Å². The standard InChI is InChI=1S/C11H20N4O/c1-7(2)12-10(16)13-9-6-8(14-15-9)11(3,4)5/h6-7H,1-5H3,(H3,12,13,14,15,16). The molecular formula is C11H20N4O. The number of hydrogen-bond donors (Lipinski definition) is 3. The Kier molecular flexibility index (Phi) is 3.57. The van der Waals surface area contributed by atoms with Gasteiger partial charge in [0.2, 0.25) is 0 Å². The maximum absolute atomic E-state index is 11.4. The molecule has 0 fully saturated rings. The number of carbonyl (C=O) groups excluding carboxylic acids is 1. The van der Waals surface area contributed by atoms with Crippen molar-refractivity contribution < 1.29 is 4.79 Å². The molecule has 3 N–H and O–H groups in total. The number of urea groups is 1. The van der Waals surface area contributed by atoms with Crippen LogP contribution in [0.2, 0.25) is 0 Å². The fourth-order valence-electron chi connectivity index (χ4n) is 1.18. The van der Waals surface area contributed by atoms with Crippen LogP contribution < -0.4 is 10.6 Å². The van der Waals surface area contributed by atoms with Gasteiger partial charge in [0.15, 0.2) is 5.82 Å². The van der Waals surface area contributed by atoms with Gasteiger partial charge in [0.25, 0.3) is 0 Å². The number of aromatic amines is 1. The molecule has 1 heterocycles. The van der Waals surface area contributed by atoms with Crippen LogP contribution >= 0.6 is 0 Å². The first-order valence-electron chi connectivity index (χ1n) is 5.42. The van der Waals surface area contributed by atoms with E-state index in [0.29, 0.717) is 5.82 Å². The molecule has 1 aromatic rings. The van der Waals surface area contributed by atoms with Gasteiger partial charge in [-0.3, -0.25) is 10.4 Å². The topological polar surface area (TPSA) is 69.8 Å². The van der Waals surface area contributed by atoms with Gasteiger partial charge in [0.1, 0.15) is 0 Å². The first-order valence-corrected chi connectivity index (χ1v) is 5.42. The Bertz CT molecular complexity index is 362. The van der Waals surface area contributed by atoms with E-state index >= 15 is 0 Å². The lowest BCUT2D eigenvalue weighted by atomic mass is 9.92.